The lowest BCUT2D eigenvalue weighted by atomic mass is 9.98. The van der Waals surface area contributed by atoms with Crippen molar-refractivity contribution in [3.8, 4) is 0 Å². The lowest BCUT2D eigenvalue weighted by Gasteiger charge is -2.45. The molecule has 0 saturated carbocycles. The van der Waals surface area contributed by atoms with E-state index in [0.29, 0.717) is 6.61 Å². The fourth-order valence-electron chi connectivity index (χ4n) is 2.52. The van der Waals surface area contributed by atoms with Gasteiger partial charge < -0.3 is 28.8 Å². The molecule has 0 aromatic rings. The van der Waals surface area contributed by atoms with Gasteiger partial charge in [0.2, 0.25) is 0 Å². The highest BCUT2D eigenvalue weighted by Crippen LogP contribution is 2.29. The first-order chi connectivity index (χ1) is 10.3. The van der Waals surface area contributed by atoms with Crippen LogP contribution in [0.3, 0.4) is 0 Å². The minimum absolute atomic E-state index is 0.0130. The molecule has 0 bridgehead atoms. The summed E-state index contributed by atoms with van der Waals surface area (Å²) in [6, 6.07) is 0. The third-order valence-electron chi connectivity index (χ3n) is 3.21. The van der Waals surface area contributed by atoms with Crippen molar-refractivity contribution < 1.29 is 28.8 Å². The summed E-state index contributed by atoms with van der Waals surface area (Å²) in [5.41, 5.74) is 0. The van der Waals surface area contributed by atoms with Gasteiger partial charge in [0.25, 0.3) is 0 Å². The molecule has 1 fully saturated rings. The lowest BCUT2D eigenvalue weighted by molar-refractivity contribution is -0.328. The van der Waals surface area contributed by atoms with Crippen LogP contribution in [0.25, 0.3) is 0 Å². The van der Waals surface area contributed by atoms with Crippen LogP contribution in [0, 0.1) is 0 Å². The second kappa shape index (κ2) is 9.15. The maximum Gasteiger partial charge on any atom is 0.186 e. The standard InChI is InChI=1S/C16H32O6/c1-9(2)19-14-12(8-18-7)22-16(21-11(5)6)13(17)15(14)20-10(3)4/h9-17H,8H2,1-7H3/t12?,13?,14-,15-,16-/m1/s1. The van der Waals surface area contributed by atoms with Gasteiger partial charge in [0.1, 0.15) is 24.4 Å². The molecule has 6 heteroatoms. The Bertz CT molecular complexity index is 307. The van der Waals surface area contributed by atoms with E-state index in [4.69, 9.17) is 23.7 Å². The largest absolute Gasteiger partial charge is 0.385 e. The normalized spacial score (nSPS) is 33.1. The average Bonchev–Trinajstić information content (AvgIpc) is 2.38. The van der Waals surface area contributed by atoms with Gasteiger partial charge >= 0.3 is 0 Å². The monoisotopic (exact) mass is 320 g/mol. The van der Waals surface area contributed by atoms with E-state index in [1.54, 1.807) is 7.11 Å². The highest BCUT2D eigenvalue weighted by Gasteiger charge is 2.48. The second-order valence-corrected chi connectivity index (χ2v) is 6.47. The van der Waals surface area contributed by atoms with Crippen molar-refractivity contribution in [1.29, 1.82) is 0 Å². The van der Waals surface area contributed by atoms with Crippen molar-refractivity contribution >= 4 is 0 Å². The van der Waals surface area contributed by atoms with Crippen LogP contribution < -0.4 is 0 Å². The molecule has 2 unspecified atom stereocenters. The number of aliphatic hydroxyl groups is 1. The van der Waals surface area contributed by atoms with Crippen LogP contribution in [-0.2, 0) is 23.7 Å². The molecule has 1 heterocycles. The molecule has 22 heavy (non-hydrogen) atoms. The van der Waals surface area contributed by atoms with E-state index in [9.17, 15) is 5.11 Å². The Morgan fingerprint density at radius 1 is 0.864 bits per heavy atom. The Hall–Kier alpha value is -0.240. The lowest BCUT2D eigenvalue weighted by Crippen LogP contribution is -2.62. The van der Waals surface area contributed by atoms with Gasteiger partial charge in [0, 0.05) is 7.11 Å². The quantitative estimate of drug-likeness (QED) is 0.735. The summed E-state index contributed by atoms with van der Waals surface area (Å²) in [7, 11) is 1.61. The molecule has 5 atom stereocenters. The SMILES string of the molecule is COCC1O[C@@H](OC(C)C)C(O)[C@@H](OC(C)C)[C@@H]1OC(C)C. The average molecular weight is 320 g/mol. The molecule has 0 spiro atoms. The van der Waals surface area contributed by atoms with E-state index < -0.39 is 24.6 Å². The molecule has 0 aliphatic carbocycles. The van der Waals surface area contributed by atoms with Gasteiger partial charge in [-0.05, 0) is 41.5 Å². The summed E-state index contributed by atoms with van der Waals surface area (Å²) < 4.78 is 28.7. The smallest absolute Gasteiger partial charge is 0.186 e. The van der Waals surface area contributed by atoms with Crippen LogP contribution >= 0.6 is 0 Å². The number of hydrogen-bond acceptors (Lipinski definition) is 6. The van der Waals surface area contributed by atoms with Gasteiger partial charge in [-0.15, -0.1) is 0 Å². The Labute approximate surface area is 134 Å². The number of hydrogen-bond donors (Lipinski definition) is 1. The molecule has 0 radical (unpaired) electrons. The zero-order valence-corrected chi connectivity index (χ0v) is 14.8. The van der Waals surface area contributed by atoms with E-state index in [1.807, 2.05) is 41.5 Å². The summed E-state index contributed by atoms with van der Waals surface area (Å²) in [4.78, 5) is 0. The van der Waals surface area contributed by atoms with Crippen LogP contribution in [0.5, 0.6) is 0 Å². The van der Waals surface area contributed by atoms with Gasteiger partial charge in [0.15, 0.2) is 6.29 Å². The molecule has 0 amide bonds. The molecule has 1 rings (SSSR count). The van der Waals surface area contributed by atoms with Gasteiger partial charge in [-0.2, -0.15) is 0 Å². The molecule has 1 saturated heterocycles. The fourth-order valence-corrected chi connectivity index (χ4v) is 2.52. The van der Waals surface area contributed by atoms with Crippen LogP contribution in [0.1, 0.15) is 41.5 Å². The van der Waals surface area contributed by atoms with E-state index in [1.165, 1.54) is 0 Å². The van der Waals surface area contributed by atoms with Crippen molar-refractivity contribution in [3.05, 3.63) is 0 Å². The summed E-state index contributed by atoms with van der Waals surface area (Å²) >= 11 is 0. The fraction of sp³-hybridized carbons (Fsp3) is 1.00. The van der Waals surface area contributed by atoms with Gasteiger partial charge in [0.05, 0.1) is 24.9 Å². The zero-order chi connectivity index (χ0) is 16.9. The third kappa shape index (κ3) is 5.76. The van der Waals surface area contributed by atoms with Crippen LogP contribution in [0.15, 0.2) is 0 Å². The van der Waals surface area contributed by atoms with Gasteiger partial charge in [-0.25, -0.2) is 0 Å². The van der Waals surface area contributed by atoms with E-state index in [2.05, 4.69) is 0 Å². The molecular weight excluding hydrogens is 288 g/mol. The summed E-state index contributed by atoms with van der Waals surface area (Å²) in [5, 5.41) is 10.6. The summed E-state index contributed by atoms with van der Waals surface area (Å²) in [6.07, 6.45) is -3.09. The zero-order valence-electron chi connectivity index (χ0n) is 14.8. The van der Waals surface area contributed by atoms with Crippen LogP contribution in [0.2, 0.25) is 0 Å². The van der Waals surface area contributed by atoms with Gasteiger partial charge in [-0.1, -0.05) is 0 Å². The molecule has 0 aromatic carbocycles. The minimum Gasteiger partial charge on any atom is -0.385 e. The Morgan fingerprint density at radius 2 is 1.36 bits per heavy atom. The third-order valence-corrected chi connectivity index (χ3v) is 3.21. The first-order valence-corrected chi connectivity index (χ1v) is 8.05. The molecule has 1 aliphatic rings. The molecular formula is C16H32O6. The highest BCUT2D eigenvalue weighted by molar-refractivity contribution is 4.92. The van der Waals surface area contributed by atoms with E-state index >= 15 is 0 Å². The Morgan fingerprint density at radius 3 is 1.82 bits per heavy atom. The number of methoxy groups -OCH3 is 1. The van der Waals surface area contributed by atoms with Crippen molar-refractivity contribution in [2.24, 2.45) is 0 Å². The molecule has 1 N–H and O–H groups in total. The molecule has 0 aromatic heterocycles. The molecule has 6 nitrogen and oxygen atoms in total. The number of rotatable bonds is 8. The highest BCUT2D eigenvalue weighted by atomic mass is 16.7. The topological polar surface area (TPSA) is 66.4 Å². The maximum atomic E-state index is 10.6. The van der Waals surface area contributed by atoms with Crippen molar-refractivity contribution in [1.82, 2.24) is 0 Å². The minimum atomic E-state index is -0.915. The van der Waals surface area contributed by atoms with Crippen molar-refractivity contribution in [3.63, 3.8) is 0 Å². The number of ether oxygens (including phenoxy) is 5. The van der Waals surface area contributed by atoms with Crippen molar-refractivity contribution in [2.75, 3.05) is 13.7 Å². The van der Waals surface area contributed by atoms with Crippen LogP contribution in [0.4, 0.5) is 0 Å². The predicted molar refractivity (Wildman–Crippen MR) is 82.8 cm³/mol. The Balaban J connectivity index is 2.97. The number of aliphatic hydroxyl groups excluding tert-OH is 1. The maximum absolute atomic E-state index is 10.6. The Kier molecular flexibility index (Phi) is 8.24. The first kappa shape index (κ1) is 19.8. The summed E-state index contributed by atoms with van der Waals surface area (Å²) in [6.45, 7) is 11.9. The second-order valence-electron chi connectivity index (χ2n) is 6.47. The first-order valence-electron chi connectivity index (χ1n) is 8.05. The van der Waals surface area contributed by atoms with Crippen LogP contribution in [-0.4, -0.2) is 67.8 Å². The molecule has 1 aliphatic heterocycles. The van der Waals surface area contributed by atoms with E-state index in [0.717, 1.165) is 0 Å². The molecule has 132 valence electrons. The summed E-state index contributed by atoms with van der Waals surface area (Å²) in [5.74, 6) is 0. The van der Waals surface area contributed by atoms with Gasteiger partial charge in [-0.3, -0.25) is 0 Å². The van der Waals surface area contributed by atoms with Crippen molar-refractivity contribution in [2.45, 2.75) is 90.6 Å². The predicted octanol–water partition coefficient (Wildman–Crippen LogP) is 1.73. The van der Waals surface area contributed by atoms with E-state index in [-0.39, 0.29) is 24.4 Å².